The predicted molar refractivity (Wildman–Crippen MR) is 82.6 cm³/mol. The van der Waals surface area contributed by atoms with E-state index in [1.807, 2.05) is 6.26 Å². The number of carbonyl (C=O) groups is 2. The SMILES string of the molecule is CSCC(C)(O)CNC(=O)NCc1ccc(C(=O)O)cc1. The van der Waals surface area contributed by atoms with E-state index in [9.17, 15) is 14.7 Å². The number of carbonyl (C=O) groups excluding carboxylic acids is 1. The summed E-state index contributed by atoms with van der Waals surface area (Å²) in [5.74, 6) is -0.451. The van der Waals surface area contributed by atoms with Crippen molar-refractivity contribution in [2.45, 2.75) is 19.1 Å². The van der Waals surface area contributed by atoms with Crippen molar-refractivity contribution in [1.29, 1.82) is 0 Å². The van der Waals surface area contributed by atoms with Gasteiger partial charge in [0.1, 0.15) is 0 Å². The summed E-state index contributed by atoms with van der Waals surface area (Å²) in [6, 6.07) is 5.89. The number of rotatable bonds is 7. The number of urea groups is 1. The highest BCUT2D eigenvalue weighted by atomic mass is 32.2. The molecule has 0 aliphatic heterocycles. The van der Waals surface area contributed by atoms with E-state index >= 15 is 0 Å². The largest absolute Gasteiger partial charge is 0.478 e. The molecule has 0 aliphatic rings. The molecular formula is C14H20N2O4S. The monoisotopic (exact) mass is 312 g/mol. The van der Waals surface area contributed by atoms with Crippen LogP contribution in [0.2, 0.25) is 0 Å². The summed E-state index contributed by atoms with van der Waals surface area (Å²) in [5, 5.41) is 23.9. The number of aromatic carboxylic acids is 1. The minimum Gasteiger partial charge on any atom is -0.478 e. The van der Waals surface area contributed by atoms with Crippen LogP contribution in [0.15, 0.2) is 24.3 Å². The Morgan fingerprint density at radius 3 is 2.38 bits per heavy atom. The molecule has 1 unspecified atom stereocenters. The van der Waals surface area contributed by atoms with E-state index in [4.69, 9.17) is 5.11 Å². The Bertz CT molecular complexity index is 488. The molecular weight excluding hydrogens is 292 g/mol. The lowest BCUT2D eigenvalue weighted by atomic mass is 10.1. The van der Waals surface area contributed by atoms with Gasteiger partial charge in [-0.25, -0.2) is 9.59 Å². The zero-order valence-corrected chi connectivity index (χ0v) is 12.9. The molecule has 1 atom stereocenters. The van der Waals surface area contributed by atoms with E-state index in [0.29, 0.717) is 5.75 Å². The lowest BCUT2D eigenvalue weighted by molar-refractivity contribution is 0.0696. The molecule has 0 spiro atoms. The third-order valence-corrected chi connectivity index (χ3v) is 3.65. The maximum atomic E-state index is 11.6. The summed E-state index contributed by atoms with van der Waals surface area (Å²) in [6.07, 6.45) is 1.88. The highest BCUT2D eigenvalue weighted by Gasteiger charge is 2.20. The Morgan fingerprint density at radius 2 is 1.86 bits per heavy atom. The highest BCUT2D eigenvalue weighted by Crippen LogP contribution is 2.09. The Kier molecular flexibility index (Phi) is 6.51. The molecule has 1 rings (SSSR count). The maximum Gasteiger partial charge on any atom is 0.335 e. The average molecular weight is 312 g/mol. The standard InChI is InChI=1S/C14H20N2O4S/c1-14(20,9-21-2)8-16-13(19)15-7-10-3-5-11(6-4-10)12(17)18/h3-6,20H,7-9H2,1-2H3,(H,17,18)(H2,15,16,19). The van der Waals surface area contributed by atoms with Gasteiger partial charge in [-0.2, -0.15) is 11.8 Å². The third-order valence-electron chi connectivity index (χ3n) is 2.74. The smallest absolute Gasteiger partial charge is 0.335 e. The van der Waals surface area contributed by atoms with Crippen molar-refractivity contribution in [2.24, 2.45) is 0 Å². The van der Waals surface area contributed by atoms with Crippen molar-refractivity contribution in [3.63, 3.8) is 0 Å². The number of carboxylic acids is 1. The number of thioether (sulfide) groups is 1. The Labute approximate surface area is 127 Å². The normalized spacial score (nSPS) is 13.3. The van der Waals surface area contributed by atoms with E-state index in [1.54, 1.807) is 19.1 Å². The molecule has 0 radical (unpaired) electrons. The topological polar surface area (TPSA) is 98.7 Å². The van der Waals surface area contributed by atoms with E-state index < -0.39 is 11.6 Å². The van der Waals surface area contributed by atoms with Gasteiger partial charge >= 0.3 is 12.0 Å². The molecule has 1 aromatic rings. The number of benzene rings is 1. The molecule has 0 fully saturated rings. The number of aliphatic hydroxyl groups is 1. The van der Waals surface area contributed by atoms with Crippen molar-refractivity contribution in [1.82, 2.24) is 10.6 Å². The first kappa shape index (κ1) is 17.3. The minimum atomic E-state index is -0.983. The van der Waals surface area contributed by atoms with Crippen molar-refractivity contribution in [3.8, 4) is 0 Å². The second kappa shape index (κ2) is 7.90. The van der Waals surface area contributed by atoms with Gasteiger partial charge in [-0.3, -0.25) is 0 Å². The first-order valence-electron chi connectivity index (χ1n) is 6.39. The van der Waals surface area contributed by atoms with Crippen LogP contribution in [0, 0.1) is 0 Å². The molecule has 1 aromatic carbocycles. The summed E-state index contributed by atoms with van der Waals surface area (Å²) in [5.41, 5.74) is 0.0576. The highest BCUT2D eigenvalue weighted by molar-refractivity contribution is 7.98. The van der Waals surface area contributed by atoms with Gasteiger partial charge in [0, 0.05) is 18.8 Å². The van der Waals surface area contributed by atoms with Crippen molar-refractivity contribution >= 4 is 23.8 Å². The number of amides is 2. The molecule has 0 heterocycles. The summed E-state index contributed by atoms with van der Waals surface area (Å²) in [6.45, 7) is 2.11. The van der Waals surface area contributed by atoms with E-state index in [-0.39, 0.29) is 24.7 Å². The van der Waals surface area contributed by atoms with Gasteiger partial charge in [-0.05, 0) is 30.9 Å². The molecule has 6 nitrogen and oxygen atoms in total. The van der Waals surface area contributed by atoms with Crippen LogP contribution in [0.1, 0.15) is 22.8 Å². The molecule has 0 saturated heterocycles. The molecule has 4 N–H and O–H groups in total. The maximum absolute atomic E-state index is 11.6. The van der Waals surface area contributed by atoms with E-state index in [2.05, 4.69) is 10.6 Å². The first-order chi connectivity index (χ1) is 9.84. The van der Waals surface area contributed by atoms with Crippen LogP contribution in [0.3, 0.4) is 0 Å². The van der Waals surface area contributed by atoms with Gasteiger partial charge in [0.2, 0.25) is 0 Å². The van der Waals surface area contributed by atoms with Crippen LogP contribution in [-0.4, -0.2) is 46.4 Å². The van der Waals surface area contributed by atoms with E-state index in [0.717, 1.165) is 5.56 Å². The molecule has 7 heteroatoms. The van der Waals surface area contributed by atoms with Gasteiger partial charge in [-0.15, -0.1) is 0 Å². The lowest BCUT2D eigenvalue weighted by Gasteiger charge is -2.22. The van der Waals surface area contributed by atoms with Crippen LogP contribution in [-0.2, 0) is 6.54 Å². The van der Waals surface area contributed by atoms with Gasteiger partial charge in [0.15, 0.2) is 0 Å². The van der Waals surface area contributed by atoms with Crippen LogP contribution in [0.5, 0.6) is 0 Å². The second-order valence-electron chi connectivity index (χ2n) is 4.97. The number of hydrogen-bond acceptors (Lipinski definition) is 4. The van der Waals surface area contributed by atoms with Gasteiger partial charge in [-0.1, -0.05) is 12.1 Å². The number of hydrogen-bond donors (Lipinski definition) is 4. The minimum absolute atomic E-state index is 0.164. The van der Waals surface area contributed by atoms with Gasteiger partial charge < -0.3 is 20.8 Å². The second-order valence-corrected chi connectivity index (χ2v) is 5.83. The molecule has 21 heavy (non-hydrogen) atoms. The summed E-state index contributed by atoms with van der Waals surface area (Å²) < 4.78 is 0. The van der Waals surface area contributed by atoms with Gasteiger partial charge in [0.25, 0.3) is 0 Å². The van der Waals surface area contributed by atoms with Crippen LogP contribution in [0.25, 0.3) is 0 Å². The zero-order chi connectivity index (χ0) is 15.9. The predicted octanol–water partition coefficient (Wildman–Crippen LogP) is 1.30. The number of carboxylic acid groups (broad SMARTS) is 1. The quantitative estimate of drug-likeness (QED) is 0.608. The Balaban J connectivity index is 2.37. The molecule has 0 saturated carbocycles. The fourth-order valence-electron chi connectivity index (χ4n) is 1.64. The summed E-state index contributed by atoms with van der Waals surface area (Å²) in [7, 11) is 0. The Morgan fingerprint density at radius 1 is 1.24 bits per heavy atom. The first-order valence-corrected chi connectivity index (χ1v) is 7.79. The molecule has 2 amide bonds. The Hall–Kier alpha value is -1.73. The van der Waals surface area contributed by atoms with Crippen LogP contribution in [0.4, 0.5) is 4.79 Å². The molecule has 0 aromatic heterocycles. The van der Waals surface area contributed by atoms with Crippen molar-refractivity contribution < 1.29 is 19.8 Å². The fraction of sp³-hybridized carbons (Fsp3) is 0.429. The molecule has 0 bridgehead atoms. The average Bonchev–Trinajstić information content (AvgIpc) is 2.43. The fourth-order valence-corrected chi connectivity index (χ4v) is 2.37. The molecule has 116 valence electrons. The van der Waals surface area contributed by atoms with Crippen LogP contribution < -0.4 is 10.6 Å². The lowest BCUT2D eigenvalue weighted by Crippen LogP contribution is -2.45. The van der Waals surface area contributed by atoms with Crippen molar-refractivity contribution in [2.75, 3.05) is 18.6 Å². The zero-order valence-electron chi connectivity index (χ0n) is 12.0. The third kappa shape index (κ3) is 6.50. The van der Waals surface area contributed by atoms with Crippen LogP contribution >= 0.6 is 11.8 Å². The summed E-state index contributed by atoms with van der Waals surface area (Å²) >= 11 is 1.50. The number of nitrogens with one attached hydrogen (secondary N) is 2. The van der Waals surface area contributed by atoms with Gasteiger partial charge in [0.05, 0.1) is 11.2 Å². The van der Waals surface area contributed by atoms with E-state index in [1.165, 1.54) is 23.9 Å². The molecule has 0 aliphatic carbocycles. The summed E-state index contributed by atoms with van der Waals surface area (Å²) in [4.78, 5) is 22.3. The van der Waals surface area contributed by atoms with Crippen molar-refractivity contribution in [3.05, 3.63) is 35.4 Å².